The molecule has 0 amide bonds. The summed E-state index contributed by atoms with van der Waals surface area (Å²) in [5, 5.41) is 0. The van der Waals surface area contributed by atoms with E-state index in [2.05, 4.69) is 13.0 Å². The molecule has 0 rings (SSSR count). The SMILES string of the molecule is CCCCCC/C=C/B(OC(C)C)OC(C)C. The third-order valence-corrected chi connectivity index (χ3v) is 2.33. The fraction of sp³-hybridized carbons (Fsp3) is 0.857. The van der Waals surface area contributed by atoms with Crippen molar-refractivity contribution in [3.05, 3.63) is 12.1 Å². The van der Waals surface area contributed by atoms with E-state index < -0.39 is 0 Å². The summed E-state index contributed by atoms with van der Waals surface area (Å²) in [5.41, 5.74) is 0. The van der Waals surface area contributed by atoms with Crippen molar-refractivity contribution in [1.29, 1.82) is 0 Å². The quantitative estimate of drug-likeness (QED) is 0.416. The second-order valence-electron chi connectivity index (χ2n) is 5.02. The number of hydrogen-bond acceptors (Lipinski definition) is 2. The summed E-state index contributed by atoms with van der Waals surface area (Å²) in [6.07, 6.45) is 8.92. The van der Waals surface area contributed by atoms with Crippen molar-refractivity contribution in [2.45, 2.75) is 78.9 Å². The first-order valence-electron chi connectivity index (χ1n) is 7.03. The number of rotatable bonds is 10. The Kier molecular flexibility index (Phi) is 10.7. The molecule has 100 valence electrons. The summed E-state index contributed by atoms with van der Waals surface area (Å²) < 4.78 is 11.4. The summed E-state index contributed by atoms with van der Waals surface area (Å²) in [4.78, 5) is 0. The Morgan fingerprint density at radius 1 is 0.941 bits per heavy atom. The number of unbranched alkanes of at least 4 members (excludes halogenated alkanes) is 4. The third-order valence-electron chi connectivity index (χ3n) is 2.33. The zero-order valence-corrected chi connectivity index (χ0v) is 12.2. The van der Waals surface area contributed by atoms with Crippen molar-refractivity contribution in [2.24, 2.45) is 0 Å². The molecule has 0 aromatic rings. The lowest BCUT2D eigenvalue weighted by Crippen LogP contribution is -2.27. The smallest absolute Gasteiger partial charge is 0.405 e. The third kappa shape index (κ3) is 12.0. The van der Waals surface area contributed by atoms with Gasteiger partial charge in [-0.3, -0.25) is 0 Å². The van der Waals surface area contributed by atoms with Gasteiger partial charge in [0.2, 0.25) is 0 Å². The summed E-state index contributed by atoms with van der Waals surface area (Å²) >= 11 is 0. The zero-order valence-electron chi connectivity index (χ0n) is 12.2. The van der Waals surface area contributed by atoms with Crippen molar-refractivity contribution < 1.29 is 9.31 Å². The Bertz CT molecular complexity index is 181. The number of hydrogen-bond donors (Lipinski definition) is 0. The van der Waals surface area contributed by atoms with Crippen LogP contribution in [0.5, 0.6) is 0 Å². The van der Waals surface area contributed by atoms with Crippen LogP contribution >= 0.6 is 0 Å². The van der Waals surface area contributed by atoms with Gasteiger partial charge in [0, 0.05) is 12.2 Å². The Morgan fingerprint density at radius 3 is 2.00 bits per heavy atom. The van der Waals surface area contributed by atoms with Crippen LogP contribution in [0, 0.1) is 0 Å². The van der Waals surface area contributed by atoms with Crippen LogP contribution in [0.1, 0.15) is 66.7 Å². The fourth-order valence-corrected chi connectivity index (χ4v) is 1.56. The minimum atomic E-state index is -0.193. The summed E-state index contributed by atoms with van der Waals surface area (Å²) in [5.74, 6) is 2.05. The molecule has 0 spiro atoms. The molecule has 0 N–H and O–H groups in total. The van der Waals surface area contributed by atoms with Gasteiger partial charge in [-0.2, -0.15) is 0 Å². The molecule has 2 nitrogen and oxygen atoms in total. The first kappa shape index (κ1) is 16.7. The Balaban J connectivity index is 3.83. The van der Waals surface area contributed by atoms with Crippen LogP contribution in [0.2, 0.25) is 0 Å². The minimum absolute atomic E-state index is 0.193. The molecule has 0 aromatic carbocycles. The Labute approximate surface area is 108 Å². The monoisotopic (exact) mass is 240 g/mol. The van der Waals surface area contributed by atoms with Crippen LogP contribution in [0.4, 0.5) is 0 Å². The van der Waals surface area contributed by atoms with Gasteiger partial charge < -0.3 is 9.31 Å². The molecule has 0 saturated heterocycles. The first-order chi connectivity index (χ1) is 8.06. The molecule has 0 bridgehead atoms. The Morgan fingerprint density at radius 2 is 1.53 bits per heavy atom. The van der Waals surface area contributed by atoms with Gasteiger partial charge in [0.25, 0.3) is 0 Å². The first-order valence-corrected chi connectivity index (χ1v) is 7.03. The zero-order chi connectivity index (χ0) is 13.1. The van der Waals surface area contributed by atoms with Crippen molar-refractivity contribution in [3.8, 4) is 0 Å². The summed E-state index contributed by atoms with van der Waals surface area (Å²) in [7, 11) is -0.193. The van der Waals surface area contributed by atoms with Gasteiger partial charge in [-0.1, -0.05) is 38.2 Å². The largest absolute Gasteiger partial charge is 0.486 e. The molecule has 0 aliphatic carbocycles. The highest BCUT2D eigenvalue weighted by Gasteiger charge is 2.17. The van der Waals surface area contributed by atoms with E-state index in [1.807, 2.05) is 33.7 Å². The van der Waals surface area contributed by atoms with E-state index in [1.54, 1.807) is 0 Å². The second-order valence-corrected chi connectivity index (χ2v) is 5.02. The van der Waals surface area contributed by atoms with Crippen molar-refractivity contribution in [3.63, 3.8) is 0 Å². The molecule has 0 fully saturated rings. The second kappa shape index (κ2) is 10.9. The van der Waals surface area contributed by atoms with Crippen molar-refractivity contribution in [2.75, 3.05) is 0 Å². The molecule has 0 saturated carbocycles. The molecule has 3 heteroatoms. The van der Waals surface area contributed by atoms with Crippen LogP contribution in [0.3, 0.4) is 0 Å². The molecule has 0 radical (unpaired) electrons. The van der Waals surface area contributed by atoms with E-state index in [9.17, 15) is 0 Å². The van der Waals surface area contributed by atoms with Gasteiger partial charge in [-0.15, -0.1) is 0 Å². The van der Waals surface area contributed by atoms with Crippen molar-refractivity contribution >= 4 is 7.12 Å². The van der Waals surface area contributed by atoms with E-state index >= 15 is 0 Å². The molecular formula is C14H29BO2. The van der Waals surface area contributed by atoms with Crippen LogP contribution in [0.25, 0.3) is 0 Å². The standard InChI is InChI=1S/C14H29BO2/c1-6-7-8-9-10-11-12-15(16-13(2)3)17-14(4)5/h11-14H,6-10H2,1-5H3/b12-11+. The average molecular weight is 240 g/mol. The van der Waals surface area contributed by atoms with E-state index in [1.165, 1.54) is 25.7 Å². The van der Waals surface area contributed by atoms with Crippen molar-refractivity contribution in [1.82, 2.24) is 0 Å². The summed E-state index contributed by atoms with van der Waals surface area (Å²) in [6, 6.07) is 0. The van der Waals surface area contributed by atoms with E-state index in [0.717, 1.165) is 6.42 Å². The fourth-order valence-electron chi connectivity index (χ4n) is 1.56. The lowest BCUT2D eigenvalue weighted by molar-refractivity contribution is 0.138. The predicted molar refractivity (Wildman–Crippen MR) is 76.1 cm³/mol. The molecule has 0 aromatic heterocycles. The molecule has 0 unspecified atom stereocenters. The van der Waals surface area contributed by atoms with Crippen LogP contribution in [-0.4, -0.2) is 19.3 Å². The number of allylic oxidation sites excluding steroid dienone is 1. The van der Waals surface area contributed by atoms with E-state index in [-0.39, 0.29) is 19.3 Å². The molecule has 0 heterocycles. The van der Waals surface area contributed by atoms with Gasteiger partial charge in [0.05, 0.1) is 0 Å². The lowest BCUT2D eigenvalue weighted by Gasteiger charge is -2.16. The maximum Gasteiger partial charge on any atom is 0.486 e. The normalized spacial score (nSPS) is 11.9. The highest BCUT2D eigenvalue weighted by atomic mass is 16.6. The molecule has 17 heavy (non-hydrogen) atoms. The van der Waals surface area contributed by atoms with Gasteiger partial charge in [-0.05, 0) is 40.5 Å². The van der Waals surface area contributed by atoms with Crippen LogP contribution in [0.15, 0.2) is 12.1 Å². The van der Waals surface area contributed by atoms with Crippen LogP contribution in [-0.2, 0) is 9.31 Å². The van der Waals surface area contributed by atoms with Gasteiger partial charge >= 0.3 is 7.12 Å². The topological polar surface area (TPSA) is 18.5 Å². The predicted octanol–water partition coefficient (Wildman–Crippen LogP) is 4.39. The van der Waals surface area contributed by atoms with Gasteiger partial charge in [0.15, 0.2) is 0 Å². The highest BCUT2D eigenvalue weighted by molar-refractivity contribution is 6.50. The molecule has 0 aliphatic heterocycles. The molecule has 0 atom stereocenters. The molecular weight excluding hydrogens is 211 g/mol. The van der Waals surface area contributed by atoms with E-state index in [4.69, 9.17) is 9.31 Å². The summed E-state index contributed by atoms with van der Waals surface area (Å²) in [6.45, 7) is 10.4. The maximum atomic E-state index is 5.68. The highest BCUT2D eigenvalue weighted by Crippen LogP contribution is 2.06. The maximum absolute atomic E-state index is 5.68. The Hall–Kier alpha value is -0.275. The van der Waals surface area contributed by atoms with E-state index in [0.29, 0.717) is 0 Å². The average Bonchev–Trinajstić information content (AvgIpc) is 2.21. The minimum Gasteiger partial charge on any atom is -0.405 e. The molecule has 0 aliphatic rings. The van der Waals surface area contributed by atoms with Gasteiger partial charge in [0.1, 0.15) is 0 Å². The van der Waals surface area contributed by atoms with Crippen LogP contribution < -0.4 is 0 Å². The lowest BCUT2D eigenvalue weighted by atomic mass is 9.88. The van der Waals surface area contributed by atoms with Gasteiger partial charge in [-0.25, -0.2) is 0 Å².